The van der Waals surface area contributed by atoms with Crippen LogP contribution in [0.5, 0.6) is 0 Å². The summed E-state index contributed by atoms with van der Waals surface area (Å²) in [6.45, 7) is 4.37. The molecule has 0 aliphatic carbocycles. The van der Waals surface area contributed by atoms with Crippen LogP contribution >= 0.6 is 0 Å². The van der Waals surface area contributed by atoms with Gasteiger partial charge in [0.2, 0.25) is 5.91 Å². The van der Waals surface area contributed by atoms with Crippen molar-refractivity contribution in [3.8, 4) is 0 Å². The second-order valence-electron chi connectivity index (χ2n) is 2.72. The maximum Gasteiger partial charge on any atom is 0.320 e. The molecule has 13 heavy (non-hydrogen) atoms. The average molecular weight is 188 g/mol. The lowest BCUT2D eigenvalue weighted by atomic mass is 10.3. The van der Waals surface area contributed by atoms with Crippen LogP contribution in [0, 0.1) is 0 Å². The Hall–Kier alpha value is -1.10. The molecule has 0 rings (SSSR count). The zero-order valence-electron chi connectivity index (χ0n) is 7.96. The second kappa shape index (κ2) is 6.42. The highest BCUT2D eigenvalue weighted by Gasteiger charge is 2.09. The molecule has 0 fully saturated rings. The van der Waals surface area contributed by atoms with E-state index in [4.69, 9.17) is 5.11 Å². The summed E-state index contributed by atoms with van der Waals surface area (Å²) in [5, 5.41) is 13.8. The molecule has 1 atom stereocenters. The molecular formula is C8H16N2O3. The van der Waals surface area contributed by atoms with Gasteiger partial charge in [-0.2, -0.15) is 0 Å². The van der Waals surface area contributed by atoms with E-state index in [9.17, 15) is 9.59 Å². The molecule has 0 saturated heterocycles. The van der Waals surface area contributed by atoms with Crippen molar-refractivity contribution in [1.29, 1.82) is 0 Å². The fourth-order valence-electron chi connectivity index (χ4n) is 0.775. The molecular weight excluding hydrogens is 172 g/mol. The lowest BCUT2D eigenvalue weighted by Gasteiger charge is -2.08. The summed E-state index contributed by atoms with van der Waals surface area (Å²) in [5.41, 5.74) is 0. The molecule has 0 aromatic rings. The van der Waals surface area contributed by atoms with Crippen molar-refractivity contribution in [2.75, 3.05) is 13.1 Å². The van der Waals surface area contributed by atoms with Crippen molar-refractivity contribution >= 4 is 11.9 Å². The molecule has 3 N–H and O–H groups in total. The van der Waals surface area contributed by atoms with Crippen LogP contribution in [-0.4, -0.2) is 36.1 Å². The number of carboxylic acids is 1. The van der Waals surface area contributed by atoms with Crippen LogP contribution in [0.3, 0.4) is 0 Å². The van der Waals surface area contributed by atoms with Gasteiger partial charge in [-0.3, -0.25) is 9.59 Å². The molecule has 0 heterocycles. The quantitative estimate of drug-likeness (QED) is 0.529. The van der Waals surface area contributed by atoms with Gasteiger partial charge in [-0.25, -0.2) is 0 Å². The average Bonchev–Trinajstić information content (AvgIpc) is 2.04. The number of hydrogen-bond donors (Lipinski definition) is 3. The Bertz CT molecular complexity index is 182. The first-order valence-corrected chi connectivity index (χ1v) is 4.30. The van der Waals surface area contributed by atoms with E-state index in [-0.39, 0.29) is 5.91 Å². The van der Waals surface area contributed by atoms with Gasteiger partial charge in [0.1, 0.15) is 6.04 Å². The van der Waals surface area contributed by atoms with E-state index >= 15 is 0 Å². The van der Waals surface area contributed by atoms with Crippen molar-refractivity contribution in [3.63, 3.8) is 0 Å². The molecule has 0 aromatic carbocycles. The normalized spacial score (nSPS) is 12.2. The zero-order chi connectivity index (χ0) is 10.3. The Balaban J connectivity index is 3.44. The van der Waals surface area contributed by atoms with Crippen LogP contribution in [0.25, 0.3) is 0 Å². The SMILES string of the molecule is CCNC(=O)CCN[C@@H](C)C(=O)O. The smallest absolute Gasteiger partial charge is 0.320 e. The van der Waals surface area contributed by atoms with Gasteiger partial charge in [0.15, 0.2) is 0 Å². The number of nitrogens with one attached hydrogen (secondary N) is 2. The summed E-state index contributed by atoms with van der Waals surface area (Å²) in [5.74, 6) is -0.969. The number of aliphatic carboxylic acids is 1. The zero-order valence-corrected chi connectivity index (χ0v) is 7.96. The molecule has 0 bridgehead atoms. The fraction of sp³-hybridized carbons (Fsp3) is 0.750. The third-order valence-corrected chi connectivity index (χ3v) is 1.55. The molecule has 0 unspecified atom stereocenters. The largest absolute Gasteiger partial charge is 0.480 e. The number of carboxylic acid groups (broad SMARTS) is 1. The highest BCUT2D eigenvalue weighted by Crippen LogP contribution is 1.83. The number of rotatable bonds is 6. The highest BCUT2D eigenvalue weighted by atomic mass is 16.4. The van der Waals surface area contributed by atoms with E-state index in [0.717, 1.165) is 0 Å². The summed E-state index contributed by atoms with van der Waals surface area (Å²) in [4.78, 5) is 21.2. The lowest BCUT2D eigenvalue weighted by Crippen LogP contribution is -2.36. The summed E-state index contributed by atoms with van der Waals surface area (Å²) < 4.78 is 0. The molecule has 0 aromatic heterocycles. The van der Waals surface area contributed by atoms with Crippen molar-refractivity contribution in [2.24, 2.45) is 0 Å². The summed E-state index contributed by atoms with van der Waals surface area (Å²) in [6, 6.07) is -0.602. The first kappa shape index (κ1) is 11.9. The Morgan fingerprint density at radius 2 is 2.08 bits per heavy atom. The van der Waals surface area contributed by atoms with E-state index in [0.29, 0.717) is 19.5 Å². The van der Waals surface area contributed by atoms with Gasteiger partial charge in [0.05, 0.1) is 0 Å². The van der Waals surface area contributed by atoms with Crippen molar-refractivity contribution in [3.05, 3.63) is 0 Å². The predicted molar refractivity (Wildman–Crippen MR) is 48.4 cm³/mol. The van der Waals surface area contributed by atoms with Crippen LogP contribution in [0.15, 0.2) is 0 Å². The van der Waals surface area contributed by atoms with Gasteiger partial charge >= 0.3 is 5.97 Å². The van der Waals surface area contributed by atoms with Gasteiger partial charge in [-0.05, 0) is 13.8 Å². The van der Waals surface area contributed by atoms with Crippen molar-refractivity contribution in [1.82, 2.24) is 10.6 Å². The molecule has 0 aliphatic rings. The summed E-state index contributed by atoms with van der Waals surface area (Å²) in [7, 11) is 0. The maximum absolute atomic E-state index is 10.9. The number of carbonyl (C=O) groups is 2. The standard InChI is InChI=1S/C8H16N2O3/c1-3-9-7(11)4-5-10-6(2)8(12)13/h6,10H,3-5H2,1-2H3,(H,9,11)(H,12,13)/t6-/m0/s1. The highest BCUT2D eigenvalue weighted by molar-refractivity contribution is 5.76. The summed E-state index contributed by atoms with van der Waals surface area (Å²) >= 11 is 0. The molecule has 5 nitrogen and oxygen atoms in total. The van der Waals surface area contributed by atoms with Crippen LogP contribution < -0.4 is 10.6 Å². The van der Waals surface area contributed by atoms with Gasteiger partial charge in [-0.15, -0.1) is 0 Å². The topological polar surface area (TPSA) is 78.4 Å². The summed E-state index contributed by atoms with van der Waals surface area (Å²) in [6.07, 6.45) is 0.311. The molecule has 5 heteroatoms. The Morgan fingerprint density at radius 3 is 2.54 bits per heavy atom. The minimum absolute atomic E-state index is 0.0624. The predicted octanol–water partition coefficient (Wildman–Crippen LogP) is -0.425. The van der Waals surface area contributed by atoms with Crippen LogP contribution in [0.4, 0.5) is 0 Å². The number of hydrogen-bond acceptors (Lipinski definition) is 3. The van der Waals surface area contributed by atoms with E-state index in [1.807, 2.05) is 6.92 Å². The minimum atomic E-state index is -0.907. The Labute approximate surface area is 77.5 Å². The van der Waals surface area contributed by atoms with Gasteiger partial charge in [0, 0.05) is 19.5 Å². The Morgan fingerprint density at radius 1 is 1.46 bits per heavy atom. The molecule has 0 saturated carbocycles. The van der Waals surface area contributed by atoms with Gasteiger partial charge in [0.25, 0.3) is 0 Å². The third kappa shape index (κ3) is 6.10. The molecule has 0 radical (unpaired) electrons. The second-order valence-corrected chi connectivity index (χ2v) is 2.72. The van der Waals surface area contributed by atoms with Crippen LogP contribution in [-0.2, 0) is 9.59 Å². The Kier molecular flexibility index (Phi) is 5.88. The third-order valence-electron chi connectivity index (χ3n) is 1.55. The van der Waals surface area contributed by atoms with Crippen molar-refractivity contribution in [2.45, 2.75) is 26.3 Å². The molecule has 1 amide bonds. The van der Waals surface area contributed by atoms with Gasteiger partial charge < -0.3 is 15.7 Å². The molecule has 0 spiro atoms. The maximum atomic E-state index is 10.9. The first-order valence-electron chi connectivity index (χ1n) is 4.30. The van der Waals surface area contributed by atoms with Crippen LogP contribution in [0.1, 0.15) is 20.3 Å². The van der Waals surface area contributed by atoms with Crippen molar-refractivity contribution < 1.29 is 14.7 Å². The van der Waals surface area contributed by atoms with E-state index in [1.54, 1.807) is 6.92 Å². The van der Waals surface area contributed by atoms with E-state index < -0.39 is 12.0 Å². The van der Waals surface area contributed by atoms with Gasteiger partial charge in [-0.1, -0.05) is 0 Å². The molecule has 76 valence electrons. The first-order chi connectivity index (χ1) is 6.07. The van der Waals surface area contributed by atoms with Crippen LogP contribution in [0.2, 0.25) is 0 Å². The molecule has 0 aliphatic heterocycles. The number of amides is 1. The van der Waals surface area contributed by atoms with E-state index in [2.05, 4.69) is 10.6 Å². The number of carbonyl (C=O) groups excluding carboxylic acids is 1. The minimum Gasteiger partial charge on any atom is -0.480 e. The fourth-order valence-corrected chi connectivity index (χ4v) is 0.775. The lowest BCUT2D eigenvalue weighted by molar-refractivity contribution is -0.139. The monoisotopic (exact) mass is 188 g/mol. The van der Waals surface area contributed by atoms with E-state index in [1.165, 1.54) is 0 Å².